The average Bonchev–Trinajstić information content (AvgIpc) is 3.20. The van der Waals surface area contributed by atoms with E-state index in [0.29, 0.717) is 18.8 Å². The van der Waals surface area contributed by atoms with Gasteiger partial charge in [0.2, 0.25) is 5.13 Å². The summed E-state index contributed by atoms with van der Waals surface area (Å²) in [6.07, 6.45) is 3.85. The number of sulfonamides is 1. The highest BCUT2D eigenvalue weighted by Crippen LogP contribution is 2.29. The molecule has 1 aromatic heterocycles. The van der Waals surface area contributed by atoms with Crippen LogP contribution in [0.25, 0.3) is 0 Å². The van der Waals surface area contributed by atoms with E-state index in [-0.39, 0.29) is 16.8 Å². The quantitative estimate of drug-likeness (QED) is 0.289. The largest absolute Gasteiger partial charge is 0.384 e. The fraction of sp³-hybridized carbons (Fsp3) is 0.529. The van der Waals surface area contributed by atoms with E-state index in [1.54, 1.807) is 0 Å². The zero-order valence-electron chi connectivity index (χ0n) is 16.3. The van der Waals surface area contributed by atoms with Gasteiger partial charge >= 0.3 is 0 Å². The van der Waals surface area contributed by atoms with Crippen molar-refractivity contribution in [2.75, 3.05) is 49.4 Å². The first-order valence-electron chi connectivity index (χ1n) is 9.44. The van der Waals surface area contributed by atoms with E-state index in [4.69, 9.17) is 11.6 Å². The molecule has 2 rings (SSSR count). The Balaban J connectivity index is 1.74. The van der Waals surface area contributed by atoms with E-state index >= 15 is 0 Å². The Bertz CT molecular complexity index is 871. The highest BCUT2D eigenvalue weighted by atomic mass is 35.5. The Kier molecular flexibility index (Phi) is 10.6. The summed E-state index contributed by atoms with van der Waals surface area (Å²) < 4.78 is 56.8. The monoisotopic (exact) mass is 482 g/mol. The van der Waals surface area contributed by atoms with Gasteiger partial charge in [0.1, 0.15) is 23.7 Å². The smallest absolute Gasteiger partial charge is 0.266 e. The summed E-state index contributed by atoms with van der Waals surface area (Å²) in [7, 11) is -4.16. The second kappa shape index (κ2) is 13.0. The molecule has 0 aliphatic rings. The normalized spacial score (nSPS) is 11.6. The van der Waals surface area contributed by atoms with Gasteiger partial charge in [-0.25, -0.2) is 22.2 Å². The van der Waals surface area contributed by atoms with Gasteiger partial charge in [-0.1, -0.05) is 11.6 Å². The van der Waals surface area contributed by atoms with E-state index in [1.165, 1.54) is 6.33 Å². The highest BCUT2D eigenvalue weighted by molar-refractivity contribution is 7.93. The zero-order valence-corrected chi connectivity index (χ0v) is 18.6. The average molecular weight is 483 g/mol. The van der Waals surface area contributed by atoms with Crippen molar-refractivity contribution in [2.45, 2.75) is 24.2 Å². The van der Waals surface area contributed by atoms with E-state index in [1.807, 2.05) is 0 Å². The van der Waals surface area contributed by atoms with E-state index in [2.05, 4.69) is 30.0 Å². The van der Waals surface area contributed by atoms with Gasteiger partial charge in [0, 0.05) is 24.6 Å². The first kappa shape index (κ1) is 24.7. The van der Waals surface area contributed by atoms with Crippen LogP contribution in [0, 0.1) is 5.82 Å². The van der Waals surface area contributed by atoms with Crippen molar-refractivity contribution in [3.8, 4) is 0 Å². The molecule has 0 fully saturated rings. The topological polar surface area (TPSA) is 108 Å². The van der Waals surface area contributed by atoms with Gasteiger partial charge in [-0.3, -0.25) is 4.72 Å². The molecule has 8 nitrogen and oxygen atoms in total. The molecular formula is C17H25ClF2N6O2S2. The molecule has 30 heavy (non-hydrogen) atoms. The van der Waals surface area contributed by atoms with Crippen LogP contribution in [0.2, 0.25) is 5.02 Å². The fourth-order valence-corrected chi connectivity index (χ4v) is 4.55. The molecule has 0 aliphatic carbocycles. The van der Waals surface area contributed by atoms with Crippen LogP contribution < -0.4 is 20.7 Å². The van der Waals surface area contributed by atoms with Gasteiger partial charge in [0.25, 0.3) is 10.0 Å². The number of hydrogen-bond acceptors (Lipinski definition) is 8. The number of halogens is 3. The van der Waals surface area contributed by atoms with E-state index in [0.717, 1.165) is 62.6 Å². The van der Waals surface area contributed by atoms with Crippen molar-refractivity contribution in [1.82, 2.24) is 20.0 Å². The summed E-state index contributed by atoms with van der Waals surface area (Å²) >= 11 is 6.98. The Morgan fingerprint density at radius 1 is 1.03 bits per heavy atom. The molecule has 168 valence electrons. The maximum Gasteiger partial charge on any atom is 0.266 e. The van der Waals surface area contributed by atoms with Gasteiger partial charge in [0.15, 0.2) is 0 Å². The molecule has 1 aromatic carbocycles. The maximum atomic E-state index is 14.4. The summed E-state index contributed by atoms with van der Waals surface area (Å²) in [5.74, 6) is -0.915. The highest BCUT2D eigenvalue weighted by Gasteiger charge is 2.22. The number of nitrogens with zero attached hydrogens (tertiary/aromatic N) is 2. The molecule has 2 aromatic rings. The molecule has 0 radical (unpaired) electrons. The van der Waals surface area contributed by atoms with Gasteiger partial charge in [-0.05, 0) is 51.0 Å². The third-order valence-corrected chi connectivity index (χ3v) is 6.34. The second-order valence-corrected chi connectivity index (χ2v) is 9.13. The molecule has 4 N–H and O–H groups in total. The molecule has 0 amide bonds. The van der Waals surface area contributed by atoms with Gasteiger partial charge in [-0.15, -0.1) is 0 Å². The summed E-state index contributed by atoms with van der Waals surface area (Å²) in [6, 6.07) is 2.14. The molecule has 13 heteroatoms. The molecule has 0 spiro atoms. The van der Waals surface area contributed by atoms with Gasteiger partial charge in [0.05, 0.1) is 10.7 Å². The Labute approximate surface area is 184 Å². The van der Waals surface area contributed by atoms with Crippen LogP contribution in [0.5, 0.6) is 0 Å². The second-order valence-electron chi connectivity index (χ2n) is 6.29. The number of rotatable bonds is 15. The summed E-state index contributed by atoms with van der Waals surface area (Å²) in [4.78, 5) is 3.16. The van der Waals surface area contributed by atoms with Crippen LogP contribution in [-0.2, 0) is 10.0 Å². The van der Waals surface area contributed by atoms with Crippen molar-refractivity contribution in [1.29, 1.82) is 0 Å². The van der Waals surface area contributed by atoms with Crippen molar-refractivity contribution >= 4 is 44.0 Å². The Morgan fingerprint density at radius 3 is 2.43 bits per heavy atom. The van der Waals surface area contributed by atoms with Crippen molar-refractivity contribution in [3.63, 3.8) is 0 Å². The van der Waals surface area contributed by atoms with Crippen molar-refractivity contribution in [2.24, 2.45) is 0 Å². The predicted octanol–water partition coefficient (Wildman–Crippen LogP) is 2.86. The minimum absolute atomic E-state index is 0.0392. The van der Waals surface area contributed by atoms with Crippen LogP contribution in [0.15, 0.2) is 23.4 Å². The van der Waals surface area contributed by atoms with E-state index in [9.17, 15) is 17.2 Å². The third kappa shape index (κ3) is 8.26. The molecule has 0 bridgehead atoms. The van der Waals surface area contributed by atoms with Crippen LogP contribution in [-0.4, -0.2) is 57.2 Å². The molecule has 0 saturated carbocycles. The summed E-state index contributed by atoms with van der Waals surface area (Å²) in [5, 5.41) is 9.44. The van der Waals surface area contributed by atoms with Gasteiger partial charge in [-0.2, -0.15) is 4.37 Å². The number of hydrogen-bond donors (Lipinski definition) is 4. The van der Waals surface area contributed by atoms with Crippen LogP contribution in [0.4, 0.5) is 19.6 Å². The SMILES string of the molecule is O=S(=O)(Nc1ncns1)c1cc(Cl)c(NCCCCNCCCNCCF)cc1F. The fourth-order valence-electron chi connectivity index (χ4n) is 2.51. The minimum atomic E-state index is -4.16. The lowest BCUT2D eigenvalue weighted by Crippen LogP contribution is -2.24. The summed E-state index contributed by atoms with van der Waals surface area (Å²) in [6.45, 7) is 3.07. The molecular weight excluding hydrogens is 458 g/mol. The van der Waals surface area contributed by atoms with Crippen LogP contribution >= 0.6 is 23.1 Å². The first-order chi connectivity index (χ1) is 14.4. The van der Waals surface area contributed by atoms with Crippen LogP contribution in [0.3, 0.4) is 0 Å². The number of nitrogens with one attached hydrogen (secondary N) is 4. The molecule has 1 heterocycles. The minimum Gasteiger partial charge on any atom is -0.384 e. The predicted molar refractivity (Wildman–Crippen MR) is 116 cm³/mol. The lowest BCUT2D eigenvalue weighted by molar-refractivity contribution is 0.462. The Morgan fingerprint density at radius 2 is 1.73 bits per heavy atom. The van der Waals surface area contributed by atoms with Crippen LogP contribution in [0.1, 0.15) is 19.3 Å². The standard InChI is InChI=1S/C17H25ClF2N6O2S2/c18-13-10-16(30(27,28)26-17-24-12-25-29-17)14(20)11-15(13)23-8-2-1-5-21-6-3-7-22-9-4-19/h10-12,21-23H,1-9H2,(H,24,25,26). The van der Waals surface area contributed by atoms with Crippen molar-refractivity contribution in [3.05, 3.63) is 29.3 Å². The lowest BCUT2D eigenvalue weighted by atomic mass is 10.2. The summed E-state index contributed by atoms with van der Waals surface area (Å²) in [5.41, 5.74) is 0.330. The lowest BCUT2D eigenvalue weighted by Gasteiger charge is -2.12. The number of benzene rings is 1. The third-order valence-electron chi connectivity index (χ3n) is 3.97. The van der Waals surface area contributed by atoms with Gasteiger partial charge < -0.3 is 16.0 Å². The molecule has 0 aliphatic heterocycles. The zero-order chi connectivity index (χ0) is 21.8. The molecule has 0 unspecified atom stereocenters. The van der Waals surface area contributed by atoms with Crippen molar-refractivity contribution < 1.29 is 17.2 Å². The first-order valence-corrected chi connectivity index (χ1v) is 12.1. The van der Waals surface area contributed by atoms with E-state index < -0.39 is 20.7 Å². The Hall–Kier alpha value is -1.60. The number of unbranched alkanes of at least 4 members (excludes halogenated alkanes) is 1. The maximum absolute atomic E-state index is 14.4. The number of anilines is 2. The number of alkyl halides is 1. The molecule has 0 saturated heterocycles. The number of aromatic nitrogens is 2. The molecule has 0 atom stereocenters.